The summed E-state index contributed by atoms with van der Waals surface area (Å²) in [5, 5.41) is 24.0. The summed E-state index contributed by atoms with van der Waals surface area (Å²) >= 11 is 0. The number of hydrogen-bond donors (Lipinski definition) is 6. The Morgan fingerprint density at radius 2 is 1.15 bits per heavy atom. The molecule has 2 saturated carbocycles. The van der Waals surface area contributed by atoms with Gasteiger partial charge in [0, 0.05) is 73.9 Å². The smallest absolute Gasteiger partial charge is 0.238 e. The van der Waals surface area contributed by atoms with Gasteiger partial charge in [-0.05, 0) is 151 Å². The number of aryl methyl sites for hydroxylation is 2. The number of imide groups is 1. The summed E-state index contributed by atoms with van der Waals surface area (Å²) in [6.07, 6.45) is 10.6. The molecule has 1 aromatic heterocycles. The number of ether oxygens (including phenoxy) is 7. The van der Waals surface area contributed by atoms with Crippen molar-refractivity contribution in [2.24, 2.45) is 40.2 Å². The van der Waals surface area contributed by atoms with Crippen molar-refractivity contribution in [1.82, 2.24) is 30.9 Å². The number of nitrogens with two attached hydrogens (primary N) is 1. The van der Waals surface area contributed by atoms with Crippen LogP contribution in [-0.4, -0.2) is 167 Å². The van der Waals surface area contributed by atoms with Crippen LogP contribution < -0.4 is 37.2 Å². The molecule has 5 aromatic rings. The highest BCUT2D eigenvalue weighted by molar-refractivity contribution is 6.03. The molecular formula is C85H118N10O15. The van der Waals surface area contributed by atoms with E-state index in [1.165, 1.54) is 11.1 Å². The maximum Gasteiger partial charge on any atom is 0.238 e. The number of carbonyl (C=O) groups excluding carboxylic acids is 8. The first-order valence-electron chi connectivity index (χ1n) is 40.0. The molecule has 5 aliphatic rings. The van der Waals surface area contributed by atoms with Gasteiger partial charge in [0.05, 0.1) is 114 Å². The molecule has 8 atom stereocenters. The SMILES string of the molecule is CCCCOCOCCCOCCn1nnc2c1-c1ccccc1N(C(=O)CCC(=O)NCCOCCOCCOCCOCCC(=O)N[C@H](C(=O)C[C@@H](C)C(=O)Nc1ccc3c(c1)[C@@]1(C)CCC[C@](C)(C(=O)NC(=O)[C@@]4(C)CCC[C@]5(C)c6cc(NC(=O)CN)ccc6CC[C@@H]45)[C@@H]1CC3)C(C)C)Cc1ccccc1-2. The molecule has 25 heteroatoms. The monoisotopic (exact) mass is 1520 g/mol. The Morgan fingerprint density at radius 1 is 0.582 bits per heavy atom. The standard InChI is InChI=1S/C85H118N10O15/c1-9-10-39-109-56-110-41-17-40-104-44-38-95-78-65-20-13-14-21-68(65)94(55-61-18-11-12-19-64(61)77(78)92-93-95)75(100)31-30-72(97)87-37-43-106-46-48-108-50-49-107-47-45-105-42-32-73(98)90-76(57(2)3)69(96)51-58(4)79(101)89-63-27-23-60-25-29-71-83(6,67(60)53-63)34-16-36-85(71,8)81(103)91-80(102)84(7)35-15-33-82(5)66-52-62(88-74(99)54-86)26-22-59(66)24-28-70(82)84/h11-14,18-23,26-27,52-53,57-58,70-71,76H,9-10,15-17,24-25,28-51,54-56,86H2,1-8H3,(H,87,97)(H,88,99)(H,89,101)(H,90,98)(H,91,102,103)/t58-,70-,71-,76+,82-,83-,84+,85+/m1/s1. The molecule has 7 N–H and O–H groups in total. The Labute approximate surface area is 648 Å². The van der Waals surface area contributed by atoms with Crippen molar-refractivity contribution in [1.29, 1.82) is 0 Å². The summed E-state index contributed by atoms with van der Waals surface area (Å²) in [6, 6.07) is 26.8. The van der Waals surface area contributed by atoms with Crippen LogP contribution in [0.3, 0.4) is 0 Å². The molecule has 0 spiro atoms. The number of anilines is 3. The summed E-state index contributed by atoms with van der Waals surface area (Å²) in [4.78, 5) is 112. The number of carbonyl (C=O) groups is 8. The number of hydrogen-bond acceptors (Lipinski definition) is 18. The lowest BCUT2D eigenvalue weighted by Gasteiger charge is -2.56. The highest BCUT2D eigenvalue weighted by atomic mass is 16.7. The Balaban J connectivity index is 0.579. The molecule has 2 fully saturated rings. The van der Waals surface area contributed by atoms with E-state index in [2.05, 4.69) is 75.9 Å². The molecule has 7 amide bonds. The van der Waals surface area contributed by atoms with Gasteiger partial charge in [-0.3, -0.25) is 43.7 Å². The molecule has 25 nitrogen and oxygen atoms in total. The van der Waals surface area contributed by atoms with Gasteiger partial charge in [0.1, 0.15) is 12.5 Å². The third-order valence-electron chi connectivity index (χ3n) is 23.6. The van der Waals surface area contributed by atoms with Gasteiger partial charge in [-0.2, -0.15) is 0 Å². The van der Waals surface area contributed by atoms with Crippen LogP contribution in [-0.2, 0) is 108 Å². The Hall–Kier alpha value is -8.14. The predicted molar refractivity (Wildman–Crippen MR) is 419 cm³/mol. The average molecular weight is 1520 g/mol. The van der Waals surface area contributed by atoms with Crippen LogP contribution in [0.2, 0.25) is 0 Å². The van der Waals surface area contributed by atoms with Crippen LogP contribution in [0, 0.1) is 34.5 Å². The van der Waals surface area contributed by atoms with E-state index in [1.807, 2.05) is 99.1 Å². The van der Waals surface area contributed by atoms with Gasteiger partial charge < -0.3 is 65.1 Å². The Kier molecular flexibility index (Phi) is 30.5. The Morgan fingerprint density at radius 3 is 1.76 bits per heavy atom. The number of Topliss-reactive ketones (excluding diaryl/α,β-unsaturated/α-hetero) is 1. The number of amides is 7. The number of ketones is 1. The van der Waals surface area contributed by atoms with E-state index in [-0.39, 0.29) is 142 Å². The van der Waals surface area contributed by atoms with Gasteiger partial charge >= 0.3 is 0 Å². The number of aromatic nitrogens is 3. The van der Waals surface area contributed by atoms with Crippen LogP contribution in [0.5, 0.6) is 0 Å². The third-order valence-corrected chi connectivity index (χ3v) is 23.6. The topological polar surface area (TPSA) is 321 Å². The van der Waals surface area contributed by atoms with E-state index in [4.69, 9.17) is 38.9 Å². The van der Waals surface area contributed by atoms with Crippen molar-refractivity contribution in [3.8, 4) is 22.5 Å². The zero-order valence-corrected chi connectivity index (χ0v) is 66.0. The maximum absolute atomic E-state index is 14.9. The lowest BCUT2D eigenvalue weighted by molar-refractivity contribution is -0.150. The molecule has 10 rings (SSSR count). The van der Waals surface area contributed by atoms with Crippen molar-refractivity contribution >= 4 is 64.2 Å². The predicted octanol–water partition coefficient (Wildman–Crippen LogP) is 10.6. The largest absolute Gasteiger partial charge is 0.379 e. The minimum absolute atomic E-state index is 0.00115. The average Bonchev–Trinajstić information content (AvgIpc) is 0.915. The van der Waals surface area contributed by atoms with Gasteiger partial charge in [-0.25, -0.2) is 4.68 Å². The molecule has 2 heterocycles. The zero-order valence-electron chi connectivity index (χ0n) is 66.0. The van der Waals surface area contributed by atoms with E-state index < -0.39 is 28.2 Å². The first-order chi connectivity index (χ1) is 53.0. The molecule has 598 valence electrons. The zero-order chi connectivity index (χ0) is 78.4. The van der Waals surface area contributed by atoms with E-state index in [0.29, 0.717) is 95.8 Å². The second-order valence-electron chi connectivity index (χ2n) is 31.7. The minimum Gasteiger partial charge on any atom is -0.379 e. The third kappa shape index (κ3) is 20.8. The second kappa shape index (κ2) is 39.9. The number of para-hydroxylation sites is 1. The van der Waals surface area contributed by atoms with Gasteiger partial charge in [-0.15, -0.1) is 5.10 Å². The number of benzene rings is 4. The molecule has 0 unspecified atom stereocenters. The van der Waals surface area contributed by atoms with Gasteiger partial charge in [0.25, 0.3) is 0 Å². The lowest BCUT2D eigenvalue weighted by atomic mass is 9.49. The van der Waals surface area contributed by atoms with Crippen molar-refractivity contribution in [2.45, 2.75) is 195 Å². The highest BCUT2D eigenvalue weighted by Gasteiger charge is 2.59. The summed E-state index contributed by atoms with van der Waals surface area (Å²) < 4.78 is 41.4. The lowest BCUT2D eigenvalue weighted by Crippen LogP contribution is -2.60. The van der Waals surface area contributed by atoms with Crippen LogP contribution >= 0.6 is 0 Å². The number of nitrogens with one attached hydrogen (secondary N) is 5. The normalized spacial score (nSPS) is 21.5. The first-order valence-corrected chi connectivity index (χ1v) is 40.0. The van der Waals surface area contributed by atoms with Crippen molar-refractivity contribution in [3.63, 3.8) is 0 Å². The van der Waals surface area contributed by atoms with Gasteiger partial charge in [0.2, 0.25) is 41.4 Å². The van der Waals surface area contributed by atoms with E-state index in [0.717, 1.165) is 110 Å². The Bertz CT molecular complexity index is 4000. The van der Waals surface area contributed by atoms with Gasteiger partial charge in [0.15, 0.2) is 5.78 Å². The molecule has 0 radical (unpaired) electrons. The highest BCUT2D eigenvalue weighted by Crippen LogP contribution is 2.60. The summed E-state index contributed by atoms with van der Waals surface area (Å²) in [5.74, 6) is -3.10. The van der Waals surface area contributed by atoms with E-state index >= 15 is 0 Å². The number of rotatable bonds is 41. The fourth-order valence-electron chi connectivity index (χ4n) is 17.6. The second-order valence-corrected chi connectivity index (χ2v) is 31.7. The fraction of sp³-hybridized carbons (Fsp3) is 0.600. The molecule has 0 saturated heterocycles. The van der Waals surface area contributed by atoms with Crippen LogP contribution in [0.1, 0.15) is 180 Å². The molecule has 4 aliphatic carbocycles. The summed E-state index contributed by atoms with van der Waals surface area (Å²) in [5.41, 5.74) is 14.0. The molecule has 0 bridgehead atoms. The van der Waals surface area contributed by atoms with Crippen molar-refractivity contribution < 1.29 is 71.5 Å². The van der Waals surface area contributed by atoms with Gasteiger partial charge in [-0.1, -0.05) is 134 Å². The van der Waals surface area contributed by atoms with E-state index in [9.17, 15) is 38.4 Å². The molecule has 1 aliphatic heterocycles. The summed E-state index contributed by atoms with van der Waals surface area (Å²) in [6.45, 7) is 21.6. The van der Waals surface area contributed by atoms with Crippen LogP contribution in [0.15, 0.2) is 84.9 Å². The van der Waals surface area contributed by atoms with Crippen LogP contribution in [0.4, 0.5) is 17.1 Å². The minimum atomic E-state index is -0.831. The maximum atomic E-state index is 14.9. The fourth-order valence-corrected chi connectivity index (χ4v) is 17.6. The molecule has 110 heavy (non-hydrogen) atoms. The quantitative estimate of drug-likeness (QED) is 0.0120. The summed E-state index contributed by atoms with van der Waals surface area (Å²) in [7, 11) is 0. The number of nitrogens with zero attached hydrogens (tertiary/aromatic N) is 4. The number of unbranched alkanes of at least 4 members (excludes halogenated alkanes) is 1. The van der Waals surface area contributed by atoms with Crippen molar-refractivity contribution in [3.05, 3.63) is 113 Å². The molecular weight excluding hydrogens is 1400 g/mol. The first kappa shape index (κ1) is 84.3. The number of fused-ring (bicyclic) bond motifs is 11. The van der Waals surface area contributed by atoms with E-state index in [1.54, 1.807) is 11.8 Å². The van der Waals surface area contributed by atoms with Crippen molar-refractivity contribution in [2.75, 3.05) is 115 Å². The van der Waals surface area contributed by atoms with Crippen LogP contribution in [0.25, 0.3) is 22.5 Å². The molecule has 4 aromatic carbocycles.